The van der Waals surface area contributed by atoms with Crippen LogP contribution in [0, 0.1) is 0 Å². The molecule has 198 valence electrons. The molecule has 2 aromatic heterocycles. The van der Waals surface area contributed by atoms with Crippen molar-refractivity contribution in [3.8, 4) is 0 Å². The molecule has 0 aliphatic carbocycles. The minimum atomic E-state index is -5.42. The Morgan fingerprint density at radius 3 is 2.47 bits per heavy atom. The minimum absolute atomic E-state index is 0.0908. The first-order valence-corrected chi connectivity index (χ1v) is 14.2. The number of thioether (sulfide) groups is 1. The van der Waals surface area contributed by atoms with Gasteiger partial charge in [-0.15, -0.1) is 0 Å². The number of nitrogens with zero attached hydrogens (tertiary/aromatic N) is 4. The fourth-order valence-electron chi connectivity index (χ4n) is 2.92. The lowest BCUT2D eigenvalue weighted by Crippen LogP contribution is -2.33. The Hall–Kier alpha value is -1.67. The summed E-state index contributed by atoms with van der Waals surface area (Å²) in [6.07, 6.45) is -5.81. The number of aromatic nitrogens is 4. The molecule has 0 aromatic carbocycles. The molecule has 1 aliphatic rings. The van der Waals surface area contributed by atoms with Gasteiger partial charge < -0.3 is 35.4 Å². The van der Waals surface area contributed by atoms with E-state index in [4.69, 9.17) is 20.3 Å². The summed E-state index contributed by atoms with van der Waals surface area (Å²) in [5, 5.41) is 18.9. The highest BCUT2D eigenvalue weighted by atomic mass is 79.9. The molecule has 1 saturated heterocycles. The Bertz CT molecular complexity index is 1300. The molecular weight excluding hydrogens is 620 g/mol. The molecule has 0 radical (unpaired) electrons. The third kappa shape index (κ3) is 6.42. The highest BCUT2D eigenvalue weighted by Crippen LogP contribution is 2.57. The van der Waals surface area contributed by atoms with Gasteiger partial charge in [0.25, 0.3) is 10.9 Å². The largest absolute Gasteiger partial charge is 0.481 e. The highest BCUT2D eigenvalue weighted by Gasteiger charge is 2.47. The molecule has 0 spiro atoms. The molecule has 5 atom stereocenters. The number of Topliss-reactive ketones (excluding diaryl/α,β-unsaturated/α-hetero) is 2. The second-order valence-electron chi connectivity index (χ2n) is 6.85. The van der Waals surface area contributed by atoms with Crippen molar-refractivity contribution in [3.05, 3.63) is 6.33 Å². The van der Waals surface area contributed by atoms with Gasteiger partial charge in [-0.3, -0.25) is 23.5 Å². The lowest BCUT2D eigenvalue weighted by molar-refractivity contribution is -0.139. The average molecular weight is 636 g/mol. The zero-order chi connectivity index (χ0) is 27.0. The minimum Gasteiger partial charge on any atom is -0.387 e. The number of aliphatic hydroxyl groups excluding tert-OH is 2. The van der Waals surface area contributed by atoms with Crippen molar-refractivity contribution in [2.75, 3.05) is 17.7 Å². The predicted molar refractivity (Wildman–Crippen MR) is 119 cm³/mol. The molecule has 22 heteroatoms. The van der Waals surface area contributed by atoms with Crippen LogP contribution in [0.2, 0.25) is 0 Å². The van der Waals surface area contributed by atoms with E-state index in [2.05, 4.69) is 39.7 Å². The summed E-state index contributed by atoms with van der Waals surface area (Å²) in [6, 6.07) is 0. The van der Waals surface area contributed by atoms with E-state index in [1.165, 1.54) is 0 Å². The smallest absolute Gasteiger partial charge is 0.387 e. The van der Waals surface area contributed by atoms with Gasteiger partial charge in [0.15, 0.2) is 28.4 Å². The van der Waals surface area contributed by atoms with Gasteiger partial charge in [-0.05, 0) is 11.8 Å². The summed E-state index contributed by atoms with van der Waals surface area (Å²) in [5.41, 5.74) is 5.57. The monoisotopic (exact) mass is 635 g/mol. The van der Waals surface area contributed by atoms with Crippen molar-refractivity contribution in [2.45, 2.75) is 29.7 Å². The highest BCUT2D eigenvalue weighted by molar-refractivity contribution is 9.09. The number of aliphatic hydroxyl groups is 2. The number of fused-ring (bicyclic) bond motifs is 1. The Morgan fingerprint density at radius 1 is 1.19 bits per heavy atom. The molecule has 5 unspecified atom stereocenters. The maximum Gasteiger partial charge on any atom is 0.481 e. The summed E-state index contributed by atoms with van der Waals surface area (Å²) in [5.74, 6) is -2.57. The summed E-state index contributed by atoms with van der Waals surface area (Å²) < 4.78 is 37.0. The summed E-state index contributed by atoms with van der Waals surface area (Å²) >= 11 is 2.95. The zero-order valence-electron chi connectivity index (χ0n) is 17.3. The van der Waals surface area contributed by atoms with Gasteiger partial charge in [-0.25, -0.2) is 24.1 Å². The van der Waals surface area contributed by atoms with Crippen LogP contribution in [-0.4, -0.2) is 91.3 Å². The van der Waals surface area contributed by atoms with Crippen LogP contribution in [0.1, 0.15) is 6.23 Å². The number of halogens is 1. The maximum atomic E-state index is 12.3. The molecule has 0 bridgehead atoms. The van der Waals surface area contributed by atoms with Gasteiger partial charge in [-0.1, -0.05) is 15.9 Å². The van der Waals surface area contributed by atoms with Crippen LogP contribution in [0.25, 0.3) is 11.2 Å². The van der Waals surface area contributed by atoms with Crippen molar-refractivity contribution < 1.29 is 62.0 Å². The van der Waals surface area contributed by atoms with Gasteiger partial charge in [-0.2, -0.15) is 4.31 Å². The molecule has 18 nitrogen and oxygen atoms in total. The first-order valence-electron chi connectivity index (χ1n) is 9.24. The third-order valence-corrected chi connectivity index (χ3v) is 7.92. The van der Waals surface area contributed by atoms with E-state index in [0.717, 1.165) is 10.9 Å². The maximum absolute atomic E-state index is 12.3. The molecule has 36 heavy (non-hydrogen) atoms. The van der Waals surface area contributed by atoms with Crippen LogP contribution >= 0.6 is 43.3 Å². The first-order chi connectivity index (χ1) is 16.6. The van der Waals surface area contributed by atoms with E-state index < -0.39 is 68.8 Å². The van der Waals surface area contributed by atoms with E-state index in [-0.39, 0.29) is 33.9 Å². The topological polar surface area (TPSA) is 284 Å². The fourth-order valence-corrected chi connectivity index (χ4v) is 5.57. The number of nitrogens with two attached hydrogens (primary N) is 1. The molecule has 0 saturated carbocycles. The molecule has 1 fully saturated rings. The van der Waals surface area contributed by atoms with Crippen molar-refractivity contribution >= 4 is 77.0 Å². The number of nitrogen functional groups attached to an aromatic ring is 1. The third-order valence-electron chi connectivity index (χ3n) is 4.42. The van der Waals surface area contributed by atoms with Crippen molar-refractivity contribution in [1.29, 1.82) is 0 Å². The average Bonchev–Trinajstić information content (AvgIpc) is 3.27. The van der Waals surface area contributed by atoms with Crippen LogP contribution in [-0.2, 0) is 37.1 Å². The first kappa shape index (κ1) is 28.9. The molecule has 3 rings (SSSR count). The fraction of sp³-hybridized carbons (Fsp3) is 0.429. The number of carbonyl (C=O) groups is 3. The van der Waals surface area contributed by atoms with Crippen LogP contribution in [0.4, 0.5) is 5.82 Å². The van der Waals surface area contributed by atoms with Crippen LogP contribution < -0.4 is 5.73 Å². The van der Waals surface area contributed by atoms with Gasteiger partial charge >= 0.3 is 15.6 Å². The van der Waals surface area contributed by atoms with Crippen LogP contribution in [0.5, 0.6) is 0 Å². The Morgan fingerprint density at radius 2 is 1.86 bits per heavy atom. The number of alkyl halides is 1. The second-order valence-corrected chi connectivity index (χ2v) is 11.2. The number of hydrogen-bond acceptors (Lipinski definition) is 15. The second kappa shape index (κ2) is 11.0. The molecule has 1 aliphatic heterocycles. The quantitative estimate of drug-likeness (QED) is 0.0563. The number of anilines is 1. The Kier molecular flexibility index (Phi) is 8.81. The summed E-state index contributed by atoms with van der Waals surface area (Å²) in [6.45, 7) is -0.994. The van der Waals surface area contributed by atoms with E-state index >= 15 is 0 Å². The van der Waals surface area contributed by atoms with Crippen LogP contribution in [0.15, 0.2) is 11.5 Å². The molecule has 7 N–H and O–H groups in total. The van der Waals surface area contributed by atoms with E-state index in [1.807, 2.05) is 0 Å². The van der Waals surface area contributed by atoms with Gasteiger partial charge in [0.1, 0.15) is 24.6 Å². The Labute approximate surface area is 212 Å². The van der Waals surface area contributed by atoms with Gasteiger partial charge in [0.05, 0.1) is 11.9 Å². The number of rotatable bonds is 10. The molecule has 0 amide bonds. The number of hydrogen-bond donors (Lipinski definition) is 6. The SMILES string of the molecule is Nc1ncnc2c1nc(SC(=O)C(=O)C(=O)CBr)n2C1OC(COP(=O)(O)OP(=O)(O)O)C(O)C1O. The van der Waals surface area contributed by atoms with E-state index in [9.17, 15) is 38.6 Å². The standard InChI is InChI=1S/C14H16BrN5O13P2S/c15-1-4(21)7(22)13(25)36-14-19-6-10(16)17-3-18-11(6)20(14)12-9(24)8(23)5(32-12)2-31-35(29,30)33-34(26,27)28/h3,5,8-9,12,23-24H,1-2H2,(H,29,30)(H2,16,17,18)(H2,26,27,28). The van der Waals surface area contributed by atoms with Crippen LogP contribution in [0.3, 0.4) is 0 Å². The normalized spacial score (nSPS) is 24.1. The predicted octanol–water partition coefficient (Wildman–Crippen LogP) is -1.59. The van der Waals surface area contributed by atoms with Crippen molar-refractivity contribution in [3.63, 3.8) is 0 Å². The number of carbonyl (C=O) groups excluding carboxylic acids is 3. The number of ketones is 2. The lowest BCUT2D eigenvalue weighted by Gasteiger charge is -2.19. The van der Waals surface area contributed by atoms with E-state index in [1.54, 1.807) is 0 Å². The molecule has 3 heterocycles. The van der Waals surface area contributed by atoms with Gasteiger partial charge in [0.2, 0.25) is 5.78 Å². The Balaban J connectivity index is 1.92. The summed E-state index contributed by atoms with van der Waals surface area (Å²) in [4.78, 5) is 74.3. The zero-order valence-corrected chi connectivity index (χ0v) is 21.5. The number of imidazole rings is 1. The number of phosphoric acid groups is 2. The van der Waals surface area contributed by atoms with Crippen molar-refractivity contribution in [1.82, 2.24) is 19.5 Å². The van der Waals surface area contributed by atoms with Crippen molar-refractivity contribution in [2.24, 2.45) is 0 Å². The number of phosphoric ester groups is 1. The van der Waals surface area contributed by atoms with Gasteiger partial charge in [0, 0.05) is 0 Å². The molecule has 2 aromatic rings. The number of ether oxygens (including phenoxy) is 1. The lowest BCUT2D eigenvalue weighted by atomic mass is 10.1. The van der Waals surface area contributed by atoms with E-state index in [0.29, 0.717) is 0 Å². The molecular formula is C14H16BrN5O13P2S. The summed E-state index contributed by atoms with van der Waals surface area (Å²) in [7, 11) is -10.7.